The number of thiol groups is 1. The van der Waals surface area contributed by atoms with Crippen molar-refractivity contribution in [2.24, 2.45) is 5.92 Å². The molecular weight excluding hydrogens is 282 g/mol. The summed E-state index contributed by atoms with van der Waals surface area (Å²) in [6.45, 7) is 4.13. The van der Waals surface area contributed by atoms with Gasteiger partial charge in [-0.05, 0) is 25.0 Å². The molecule has 0 saturated heterocycles. The van der Waals surface area contributed by atoms with E-state index in [1.807, 2.05) is 6.92 Å². The fourth-order valence-corrected chi connectivity index (χ4v) is 2.36. The highest BCUT2D eigenvalue weighted by atomic mass is 32.1. The topological polar surface area (TPSA) is 87.1 Å². The summed E-state index contributed by atoms with van der Waals surface area (Å²) in [7, 11) is 0. The summed E-state index contributed by atoms with van der Waals surface area (Å²) < 4.78 is 2.14. The minimum absolute atomic E-state index is 0.0426. The zero-order valence-corrected chi connectivity index (χ0v) is 12.5. The maximum atomic E-state index is 12.1. The van der Waals surface area contributed by atoms with Crippen LogP contribution in [0.25, 0.3) is 0 Å². The van der Waals surface area contributed by atoms with Gasteiger partial charge in [-0.2, -0.15) is 12.6 Å². The highest BCUT2D eigenvalue weighted by Crippen LogP contribution is 2.10. The lowest BCUT2D eigenvalue weighted by Crippen LogP contribution is -2.42. The maximum absolute atomic E-state index is 12.1. The molecule has 112 valence electrons. The third kappa shape index (κ3) is 3.50. The summed E-state index contributed by atoms with van der Waals surface area (Å²) in [5.41, 5.74) is -1.92. The molecule has 8 heteroatoms. The van der Waals surface area contributed by atoms with E-state index in [4.69, 9.17) is 0 Å². The lowest BCUT2D eigenvalue weighted by atomic mass is 10.1. The van der Waals surface area contributed by atoms with Crippen molar-refractivity contribution in [3.05, 3.63) is 37.1 Å². The quantitative estimate of drug-likeness (QED) is 0.467. The molecule has 0 spiro atoms. The van der Waals surface area contributed by atoms with Crippen molar-refractivity contribution in [1.29, 1.82) is 0 Å². The SMILES string of the molecule is CCCC(CS)Cn1c(=O)c([N+](=O)[O-])cn(CC)c1=O. The minimum Gasteiger partial charge on any atom is -0.294 e. The maximum Gasteiger partial charge on any atom is 0.350 e. The van der Waals surface area contributed by atoms with Crippen molar-refractivity contribution in [2.75, 3.05) is 5.75 Å². The van der Waals surface area contributed by atoms with Gasteiger partial charge in [-0.15, -0.1) is 0 Å². The number of nitrogens with zero attached hydrogens (tertiary/aromatic N) is 3. The van der Waals surface area contributed by atoms with Crippen LogP contribution in [0.1, 0.15) is 26.7 Å². The van der Waals surface area contributed by atoms with E-state index in [-0.39, 0.29) is 19.0 Å². The lowest BCUT2D eigenvalue weighted by Gasteiger charge is -2.15. The van der Waals surface area contributed by atoms with E-state index in [0.717, 1.165) is 23.6 Å². The van der Waals surface area contributed by atoms with Crippen LogP contribution in [0.15, 0.2) is 15.8 Å². The molecule has 0 aliphatic heterocycles. The Morgan fingerprint density at radius 2 is 2.05 bits per heavy atom. The van der Waals surface area contributed by atoms with Gasteiger partial charge in [0.2, 0.25) is 0 Å². The van der Waals surface area contributed by atoms with Crippen LogP contribution in [-0.2, 0) is 13.1 Å². The van der Waals surface area contributed by atoms with Crippen LogP contribution in [0.5, 0.6) is 0 Å². The molecule has 7 nitrogen and oxygen atoms in total. The molecule has 0 radical (unpaired) electrons. The molecule has 1 rings (SSSR count). The van der Waals surface area contributed by atoms with Crippen LogP contribution in [0.4, 0.5) is 5.69 Å². The third-order valence-corrected chi connectivity index (χ3v) is 3.67. The Morgan fingerprint density at radius 3 is 2.50 bits per heavy atom. The van der Waals surface area contributed by atoms with Crippen LogP contribution in [0.3, 0.4) is 0 Å². The molecule has 0 amide bonds. The first-order valence-electron chi connectivity index (χ1n) is 6.55. The van der Waals surface area contributed by atoms with Gasteiger partial charge in [0.05, 0.1) is 11.1 Å². The second-order valence-corrected chi connectivity index (χ2v) is 4.96. The van der Waals surface area contributed by atoms with Crippen molar-refractivity contribution < 1.29 is 4.92 Å². The van der Waals surface area contributed by atoms with E-state index in [1.54, 1.807) is 6.92 Å². The van der Waals surface area contributed by atoms with Crippen LogP contribution in [0, 0.1) is 16.0 Å². The first-order chi connectivity index (χ1) is 9.46. The number of hydrogen-bond donors (Lipinski definition) is 1. The zero-order valence-electron chi connectivity index (χ0n) is 11.6. The number of nitro groups is 1. The van der Waals surface area contributed by atoms with E-state index in [1.165, 1.54) is 4.57 Å². The highest BCUT2D eigenvalue weighted by molar-refractivity contribution is 7.80. The molecule has 0 saturated carbocycles. The monoisotopic (exact) mass is 301 g/mol. The first kappa shape index (κ1) is 16.5. The summed E-state index contributed by atoms with van der Waals surface area (Å²) in [4.78, 5) is 34.3. The molecule has 0 aliphatic rings. The second-order valence-electron chi connectivity index (χ2n) is 4.59. The summed E-state index contributed by atoms with van der Waals surface area (Å²) in [6, 6.07) is 0. The molecule has 0 aliphatic carbocycles. The molecular formula is C12H19N3O4S. The predicted octanol–water partition coefficient (Wildman–Crippen LogP) is 1.28. The largest absolute Gasteiger partial charge is 0.350 e. The van der Waals surface area contributed by atoms with E-state index in [0.29, 0.717) is 5.75 Å². The average molecular weight is 301 g/mol. The van der Waals surface area contributed by atoms with Crippen LogP contribution >= 0.6 is 12.6 Å². The van der Waals surface area contributed by atoms with Gasteiger partial charge in [0, 0.05) is 13.1 Å². The summed E-state index contributed by atoms with van der Waals surface area (Å²) in [5, 5.41) is 10.9. The Balaban J connectivity index is 3.37. The smallest absolute Gasteiger partial charge is 0.294 e. The van der Waals surface area contributed by atoms with Crippen LogP contribution < -0.4 is 11.2 Å². The molecule has 0 aromatic carbocycles. The number of rotatable bonds is 7. The van der Waals surface area contributed by atoms with E-state index in [2.05, 4.69) is 12.6 Å². The van der Waals surface area contributed by atoms with Crippen LogP contribution in [-0.4, -0.2) is 19.8 Å². The highest BCUT2D eigenvalue weighted by Gasteiger charge is 2.21. The molecule has 1 aromatic heterocycles. The number of hydrogen-bond acceptors (Lipinski definition) is 5. The molecule has 0 fully saturated rings. The third-order valence-electron chi connectivity index (χ3n) is 3.15. The standard InChI is InChI=1S/C12H19N3O4S/c1-3-5-9(8-20)6-14-11(16)10(15(18)19)7-13(4-2)12(14)17/h7,9,20H,3-6,8H2,1-2H3. The van der Waals surface area contributed by atoms with Gasteiger partial charge in [0.1, 0.15) is 0 Å². The molecule has 1 atom stereocenters. The molecule has 1 unspecified atom stereocenters. The summed E-state index contributed by atoms with van der Waals surface area (Å²) in [6.07, 6.45) is 2.72. The summed E-state index contributed by atoms with van der Waals surface area (Å²) in [5.74, 6) is 0.565. The normalized spacial score (nSPS) is 12.3. The van der Waals surface area contributed by atoms with Gasteiger partial charge in [-0.25, -0.2) is 4.79 Å². The molecule has 1 aromatic rings. The molecule has 1 heterocycles. The van der Waals surface area contributed by atoms with Crippen LogP contribution in [0.2, 0.25) is 0 Å². The predicted molar refractivity (Wildman–Crippen MR) is 79.5 cm³/mol. The Kier molecular flexibility index (Phi) is 6.00. The first-order valence-corrected chi connectivity index (χ1v) is 7.18. The molecule has 0 bridgehead atoms. The van der Waals surface area contributed by atoms with Gasteiger partial charge in [0.25, 0.3) is 0 Å². The van der Waals surface area contributed by atoms with Gasteiger partial charge in [-0.3, -0.25) is 24.0 Å². The van der Waals surface area contributed by atoms with Gasteiger partial charge in [0.15, 0.2) is 0 Å². The van der Waals surface area contributed by atoms with E-state index in [9.17, 15) is 19.7 Å². The molecule has 20 heavy (non-hydrogen) atoms. The minimum atomic E-state index is -0.840. The van der Waals surface area contributed by atoms with Crippen molar-refractivity contribution in [2.45, 2.75) is 39.8 Å². The van der Waals surface area contributed by atoms with Gasteiger partial charge < -0.3 is 0 Å². The van der Waals surface area contributed by atoms with E-state index >= 15 is 0 Å². The Labute approximate surface area is 121 Å². The molecule has 0 N–H and O–H groups in total. The van der Waals surface area contributed by atoms with Crippen molar-refractivity contribution >= 4 is 18.3 Å². The lowest BCUT2D eigenvalue weighted by molar-refractivity contribution is -0.387. The average Bonchev–Trinajstić information content (AvgIpc) is 2.42. The van der Waals surface area contributed by atoms with Crippen molar-refractivity contribution in [3.8, 4) is 0 Å². The second kappa shape index (κ2) is 7.28. The fourth-order valence-electron chi connectivity index (χ4n) is 2.06. The number of aryl methyl sites for hydroxylation is 1. The number of aromatic nitrogens is 2. The van der Waals surface area contributed by atoms with Crippen molar-refractivity contribution in [3.63, 3.8) is 0 Å². The van der Waals surface area contributed by atoms with E-state index < -0.39 is 21.9 Å². The Hall–Kier alpha value is -1.57. The Morgan fingerprint density at radius 1 is 1.40 bits per heavy atom. The Bertz CT molecular complexity index is 593. The fraction of sp³-hybridized carbons (Fsp3) is 0.667. The van der Waals surface area contributed by atoms with Gasteiger partial charge >= 0.3 is 16.9 Å². The zero-order chi connectivity index (χ0) is 15.3. The van der Waals surface area contributed by atoms with Gasteiger partial charge in [-0.1, -0.05) is 13.3 Å². The summed E-state index contributed by atoms with van der Waals surface area (Å²) >= 11 is 4.21. The van der Waals surface area contributed by atoms with Crippen molar-refractivity contribution in [1.82, 2.24) is 9.13 Å².